The third-order valence-corrected chi connectivity index (χ3v) is 3.68. The SMILES string of the molecule is O=C(O)C(Cc1c[nH]c2ccccc12)NC[C]1[CH][CH][CH][CH]1. The van der Waals surface area contributed by atoms with Gasteiger partial charge in [0.05, 0.1) is 0 Å². The van der Waals surface area contributed by atoms with Crippen LogP contribution in [-0.2, 0) is 11.2 Å². The van der Waals surface area contributed by atoms with Crippen molar-refractivity contribution in [1.82, 2.24) is 10.3 Å². The van der Waals surface area contributed by atoms with E-state index in [1.165, 1.54) is 0 Å². The molecule has 1 aliphatic carbocycles. The standard InChI is InChI=1S/C17H17N2O2/c20-17(21)16(18-10-12-5-1-2-6-12)9-13-11-19-15-8-4-3-7-14(13)15/h1-8,11,16,18-19H,9-10H2,(H,20,21). The predicted octanol–water partition coefficient (Wildman–Crippen LogP) is 2.16. The van der Waals surface area contributed by atoms with Crippen molar-refractivity contribution in [1.29, 1.82) is 0 Å². The summed E-state index contributed by atoms with van der Waals surface area (Å²) in [6.07, 6.45) is 10.2. The molecule has 1 heterocycles. The number of carboxylic acid groups (broad SMARTS) is 1. The summed E-state index contributed by atoms with van der Waals surface area (Å²) in [6.45, 7) is 0.562. The number of nitrogens with one attached hydrogen (secondary N) is 2. The summed E-state index contributed by atoms with van der Waals surface area (Å²) >= 11 is 0. The molecule has 5 radical (unpaired) electrons. The summed E-state index contributed by atoms with van der Waals surface area (Å²) in [6, 6.07) is 7.33. The van der Waals surface area contributed by atoms with E-state index in [-0.39, 0.29) is 0 Å². The maximum atomic E-state index is 11.4. The molecule has 1 unspecified atom stereocenters. The first-order chi connectivity index (χ1) is 10.2. The summed E-state index contributed by atoms with van der Waals surface area (Å²) in [4.78, 5) is 14.6. The maximum Gasteiger partial charge on any atom is 0.321 e. The zero-order valence-electron chi connectivity index (χ0n) is 11.5. The van der Waals surface area contributed by atoms with Gasteiger partial charge in [0.2, 0.25) is 0 Å². The van der Waals surface area contributed by atoms with E-state index in [1.54, 1.807) is 0 Å². The Morgan fingerprint density at radius 2 is 2.00 bits per heavy atom. The molecule has 21 heavy (non-hydrogen) atoms. The van der Waals surface area contributed by atoms with Crippen LogP contribution in [0.4, 0.5) is 0 Å². The molecule has 1 aromatic carbocycles. The fraction of sp³-hybridized carbons (Fsp3) is 0.176. The lowest BCUT2D eigenvalue weighted by Gasteiger charge is -2.16. The zero-order valence-corrected chi connectivity index (χ0v) is 11.5. The van der Waals surface area contributed by atoms with Gasteiger partial charge in [-0.3, -0.25) is 4.79 Å². The van der Waals surface area contributed by atoms with Crippen LogP contribution in [0.3, 0.4) is 0 Å². The van der Waals surface area contributed by atoms with Gasteiger partial charge in [-0.05, 0) is 43.2 Å². The second kappa shape index (κ2) is 6.31. The number of hydrogen-bond acceptors (Lipinski definition) is 2. The quantitative estimate of drug-likeness (QED) is 0.760. The Balaban J connectivity index is 1.68. The molecule has 1 fully saturated rings. The summed E-state index contributed by atoms with van der Waals surface area (Å²) in [5.74, 6) is 0.270. The minimum Gasteiger partial charge on any atom is -0.480 e. The van der Waals surface area contributed by atoms with Gasteiger partial charge in [-0.1, -0.05) is 18.2 Å². The summed E-state index contributed by atoms with van der Waals surface area (Å²) in [5.41, 5.74) is 2.06. The van der Waals surface area contributed by atoms with Crippen LogP contribution in [0.25, 0.3) is 10.9 Å². The van der Waals surface area contributed by atoms with Crippen molar-refractivity contribution >= 4 is 16.9 Å². The van der Waals surface area contributed by atoms with E-state index in [0.717, 1.165) is 22.4 Å². The highest BCUT2D eigenvalue weighted by Gasteiger charge is 2.22. The molecule has 0 saturated heterocycles. The van der Waals surface area contributed by atoms with E-state index >= 15 is 0 Å². The number of rotatable bonds is 6. The van der Waals surface area contributed by atoms with Crippen LogP contribution in [-0.4, -0.2) is 28.6 Å². The van der Waals surface area contributed by atoms with Gasteiger partial charge in [0.25, 0.3) is 0 Å². The first-order valence-electron chi connectivity index (χ1n) is 6.96. The Morgan fingerprint density at radius 1 is 1.24 bits per heavy atom. The number of aromatic amines is 1. The van der Waals surface area contributed by atoms with Crippen molar-refractivity contribution in [3.8, 4) is 0 Å². The molecule has 4 heteroatoms. The third kappa shape index (κ3) is 3.27. The van der Waals surface area contributed by atoms with Gasteiger partial charge in [0.1, 0.15) is 6.04 Å². The predicted molar refractivity (Wildman–Crippen MR) is 81.9 cm³/mol. The van der Waals surface area contributed by atoms with Gasteiger partial charge in [-0.15, -0.1) is 0 Å². The molecule has 3 N–H and O–H groups in total. The smallest absolute Gasteiger partial charge is 0.321 e. The average molecular weight is 281 g/mol. The molecule has 0 aliphatic heterocycles. The lowest BCUT2D eigenvalue weighted by Crippen LogP contribution is -2.40. The fourth-order valence-corrected chi connectivity index (χ4v) is 2.54. The van der Waals surface area contributed by atoms with Crippen molar-refractivity contribution in [2.24, 2.45) is 0 Å². The summed E-state index contributed by atoms with van der Waals surface area (Å²) < 4.78 is 0. The third-order valence-electron chi connectivity index (χ3n) is 3.68. The summed E-state index contributed by atoms with van der Waals surface area (Å²) in [7, 11) is 0. The lowest BCUT2D eigenvalue weighted by molar-refractivity contribution is -0.139. The number of fused-ring (bicyclic) bond motifs is 1. The number of aliphatic carboxylic acids is 1. The van der Waals surface area contributed by atoms with Crippen molar-refractivity contribution in [3.63, 3.8) is 0 Å². The highest BCUT2D eigenvalue weighted by Crippen LogP contribution is 2.23. The van der Waals surface area contributed by atoms with Crippen LogP contribution in [0.5, 0.6) is 0 Å². The van der Waals surface area contributed by atoms with Gasteiger partial charge in [-0.2, -0.15) is 0 Å². The Labute approximate surface area is 124 Å². The van der Waals surface area contributed by atoms with Crippen LogP contribution >= 0.6 is 0 Å². The Morgan fingerprint density at radius 3 is 2.76 bits per heavy atom. The van der Waals surface area contributed by atoms with Crippen molar-refractivity contribution < 1.29 is 9.90 Å². The van der Waals surface area contributed by atoms with E-state index < -0.39 is 12.0 Å². The van der Waals surface area contributed by atoms with Crippen molar-refractivity contribution in [3.05, 3.63) is 67.6 Å². The molecule has 4 nitrogen and oxygen atoms in total. The molecule has 0 amide bonds. The van der Waals surface area contributed by atoms with E-state index in [1.807, 2.05) is 56.1 Å². The molecule has 1 aliphatic rings. The molecule has 0 spiro atoms. The number of H-pyrrole nitrogens is 1. The van der Waals surface area contributed by atoms with E-state index in [4.69, 9.17) is 0 Å². The Hall–Kier alpha value is -1.81. The second-order valence-electron chi connectivity index (χ2n) is 5.13. The monoisotopic (exact) mass is 281 g/mol. The average Bonchev–Trinajstić information content (AvgIpc) is 3.13. The fourth-order valence-electron chi connectivity index (χ4n) is 2.54. The van der Waals surface area contributed by atoms with Crippen LogP contribution in [0.15, 0.2) is 30.5 Å². The molecule has 0 bridgehead atoms. The second-order valence-corrected chi connectivity index (χ2v) is 5.13. The number of hydrogen-bond donors (Lipinski definition) is 3. The van der Waals surface area contributed by atoms with Crippen LogP contribution in [0.1, 0.15) is 5.56 Å². The first kappa shape index (κ1) is 14.1. The highest BCUT2D eigenvalue weighted by molar-refractivity contribution is 5.84. The minimum absolute atomic E-state index is 0.458. The van der Waals surface area contributed by atoms with E-state index in [2.05, 4.69) is 10.3 Å². The molecule has 3 rings (SSSR count). The highest BCUT2D eigenvalue weighted by atomic mass is 16.4. The normalized spacial score (nSPS) is 17.3. The number of benzene rings is 1. The Bertz CT molecular complexity index is 614. The van der Waals surface area contributed by atoms with Gasteiger partial charge in [0.15, 0.2) is 0 Å². The molecule has 1 atom stereocenters. The molecular formula is C17H17N2O2. The van der Waals surface area contributed by atoms with Crippen LogP contribution < -0.4 is 5.32 Å². The summed E-state index contributed by atoms with van der Waals surface area (Å²) in [5, 5.41) is 13.6. The molecule has 1 aromatic heterocycles. The number of para-hydroxylation sites is 1. The zero-order chi connectivity index (χ0) is 14.7. The number of carboxylic acids is 1. The van der Waals surface area contributed by atoms with Crippen molar-refractivity contribution in [2.45, 2.75) is 12.5 Å². The van der Waals surface area contributed by atoms with Gasteiger partial charge < -0.3 is 15.4 Å². The number of aromatic nitrogens is 1. The van der Waals surface area contributed by atoms with Crippen molar-refractivity contribution in [2.75, 3.05) is 6.54 Å². The van der Waals surface area contributed by atoms with Crippen LogP contribution in [0.2, 0.25) is 0 Å². The topological polar surface area (TPSA) is 65.1 Å². The Kier molecular flexibility index (Phi) is 4.25. The molecular weight excluding hydrogens is 264 g/mol. The minimum atomic E-state index is -0.827. The lowest BCUT2D eigenvalue weighted by atomic mass is 10.0. The van der Waals surface area contributed by atoms with Gasteiger partial charge in [0, 0.05) is 30.1 Å². The van der Waals surface area contributed by atoms with Crippen LogP contribution in [0, 0.1) is 31.6 Å². The largest absolute Gasteiger partial charge is 0.480 e. The first-order valence-corrected chi connectivity index (χ1v) is 6.96. The van der Waals surface area contributed by atoms with E-state index in [9.17, 15) is 9.90 Å². The maximum absolute atomic E-state index is 11.4. The molecule has 107 valence electrons. The molecule has 2 aromatic rings. The van der Waals surface area contributed by atoms with E-state index in [0.29, 0.717) is 13.0 Å². The molecule has 1 saturated carbocycles. The van der Waals surface area contributed by atoms with Gasteiger partial charge >= 0.3 is 5.97 Å². The van der Waals surface area contributed by atoms with Gasteiger partial charge in [-0.25, -0.2) is 0 Å². The number of carbonyl (C=O) groups is 1.